The maximum Gasteiger partial charge on any atom is 0.129 e. The maximum atomic E-state index is 5.53. The highest BCUT2D eigenvalue weighted by Crippen LogP contribution is 2.00. The van der Waals surface area contributed by atoms with E-state index in [9.17, 15) is 0 Å². The minimum absolute atomic E-state index is 0.544. The molecule has 3 heteroatoms. The van der Waals surface area contributed by atoms with Gasteiger partial charge in [0.15, 0.2) is 0 Å². The van der Waals surface area contributed by atoms with Gasteiger partial charge in [-0.25, -0.2) is 4.98 Å². The molecule has 1 heterocycles. The Morgan fingerprint density at radius 3 is 1.93 bits per heavy atom. The van der Waals surface area contributed by atoms with Crippen molar-refractivity contribution in [1.82, 2.24) is 4.98 Å². The molecule has 0 N–H and O–H groups in total. The molecule has 0 saturated heterocycles. The molecule has 1 aromatic carbocycles. The van der Waals surface area contributed by atoms with Crippen molar-refractivity contribution in [3.8, 4) is 0 Å². The summed E-state index contributed by atoms with van der Waals surface area (Å²) in [6, 6.07) is 15.4. The molecule has 0 aliphatic rings. The highest BCUT2D eigenvalue weighted by atomic mass is 35.5. The quantitative estimate of drug-likeness (QED) is 0.538. The minimum Gasteiger partial charge on any atom is -0.245 e. The fourth-order valence-electron chi connectivity index (χ4n) is 0.909. The summed E-state index contributed by atoms with van der Waals surface area (Å²) in [4.78, 5) is 3.74. The van der Waals surface area contributed by atoms with E-state index in [0.717, 1.165) is 0 Å². The van der Waals surface area contributed by atoms with Gasteiger partial charge in [-0.05, 0) is 17.7 Å². The number of benzene rings is 1. The van der Waals surface area contributed by atoms with Crippen LogP contribution < -0.4 is 0 Å². The number of hydrogen-bond donors (Lipinski definition) is 0. The van der Waals surface area contributed by atoms with Crippen LogP contribution in [0.1, 0.15) is 5.56 Å². The van der Waals surface area contributed by atoms with Gasteiger partial charge in [0.25, 0.3) is 0 Å². The molecule has 2 rings (SSSR count). The Balaban J connectivity index is 0.000000151. The first-order valence-corrected chi connectivity index (χ1v) is 5.40. The highest BCUT2D eigenvalue weighted by Gasteiger charge is 1.81. The largest absolute Gasteiger partial charge is 0.245 e. The Hall–Kier alpha value is -1.05. The average Bonchev–Trinajstić information content (AvgIpc) is 2.32. The zero-order chi connectivity index (χ0) is 10.9. The summed E-state index contributed by atoms with van der Waals surface area (Å²) >= 11 is 11.0. The van der Waals surface area contributed by atoms with Crippen molar-refractivity contribution < 1.29 is 0 Å². The fourth-order valence-corrected chi connectivity index (χ4v) is 1.22. The second-order valence-electron chi connectivity index (χ2n) is 2.77. The van der Waals surface area contributed by atoms with Crippen molar-refractivity contribution in [3.05, 3.63) is 65.4 Å². The zero-order valence-electron chi connectivity index (χ0n) is 8.11. The van der Waals surface area contributed by atoms with Gasteiger partial charge in [0.1, 0.15) is 5.15 Å². The molecule has 0 atom stereocenters. The first-order valence-electron chi connectivity index (χ1n) is 4.49. The van der Waals surface area contributed by atoms with Gasteiger partial charge in [0.2, 0.25) is 0 Å². The lowest BCUT2D eigenvalue weighted by Crippen LogP contribution is -1.71. The highest BCUT2D eigenvalue weighted by molar-refractivity contribution is 6.29. The van der Waals surface area contributed by atoms with E-state index in [1.54, 1.807) is 12.3 Å². The van der Waals surface area contributed by atoms with Crippen molar-refractivity contribution in [3.63, 3.8) is 0 Å². The van der Waals surface area contributed by atoms with E-state index in [4.69, 9.17) is 23.2 Å². The minimum atomic E-state index is 0.544. The number of nitrogens with zero attached hydrogens (tertiary/aromatic N) is 1. The van der Waals surface area contributed by atoms with Crippen LogP contribution in [-0.2, 0) is 5.88 Å². The van der Waals surface area contributed by atoms with Crippen LogP contribution in [-0.4, -0.2) is 4.98 Å². The van der Waals surface area contributed by atoms with Crippen LogP contribution in [0.3, 0.4) is 0 Å². The third-order valence-corrected chi connectivity index (χ3v) is 2.16. The van der Waals surface area contributed by atoms with E-state index in [1.165, 1.54) is 5.56 Å². The van der Waals surface area contributed by atoms with Gasteiger partial charge in [-0.3, -0.25) is 0 Å². The molecular formula is C12H11Cl2N. The van der Waals surface area contributed by atoms with Crippen LogP contribution in [0.15, 0.2) is 54.7 Å². The molecule has 1 aromatic heterocycles. The topological polar surface area (TPSA) is 12.9 Å². The van der Waals surface area contributed by atoms with Gasteiger partial charge in [-0.2, -0.15) is 0 Å². The van der Waals surface area contributed by atoms with Gasteiger partial charge >= 0.3 is 0 Å². The zero-order valence-corrected chi connectivity index (χ0v) is 9.62. The van der Waals surface area contributed by atoms with Crippen LogP contribution in [0.2, 0.25) is 5.15 Å². The van der Waals surface area contributed by atoms with Crippen molar-refractivity contribution in [2.24, 2.45) is 0 Å². The van der Waals surface area contributed by atoms with Crippen LogP contribution in [0.4, 0.5) is 0 Å². The lowest BCUT2D eigenvalue weighted by molar-refractivity contribution is 1.33. The van der Waals surface area contributed by atoms with Crippen LogP contribution in [0.5, 0.6) is 0 Å². The predicted octanol–water partition coefficient (Wildman–Crippen LogP) is 4.16. The summed E-state index contributed by atoms with van der Waals surface area (Å²) < 4.78 is 0. The fraction of sp³-hybridized carbons (Fsp3) is 0.0833. The molecule has 2 aromatic rings. The summed E-state index contributed by atoms with van der Waals surface area (Å²) in [5.41, 5.74) is 1.18. The number of alkyl halides is 1. The third kappa shape index (κ3) is 5.40. The number of aromatic nitrogens is 1. The lowest BCUT2D eigenvalue weighted by Gasteiger charge is -1.88. The third-order valence-electron chi connectivity index (χ3n) is 1.63. The summed E-state index contributed by atoms with van der Waals surface area (Å²) in [5.74, 6) is 0.612. The molecule has 0 fully saturated rings. The maximum absolute atomic E-state index is 5.53. The number of hydrogen-bond acceptors (Lipinski definition) is 1. The Morgan fingerprint density at radius 1 is 0.933 bits per heavy atom. The van der Waals surface area contributed by atoms with Crippen molar-refractivity contribution in [2.75, 3.05) is 0 Å². The molecule has 78 valence electrons. The smallest absolute Gasteiger partial charge is 0.129 e. The monoisotopic (exact) mass is 239 g/mol. The standard InChI is InChI=1S/C7H7Cl.C5H4ClN/c8-6-7-4-2-1-3-5-7;6-5-3-1-2-4-7-5/h1-5H,6H2;1-4H. The first-order chi connectivity index (χ1) is 7.33. The molecule has 0 bridgehead atoms. The van der Waals surface area contributed by atoms with Gasteiger partial charge in [-0.1, -0.05) is 48.0 Å². The molecular weight excluding hydrogens is 229 g/mol. The Bertz CT molecular complexity index is 362. The molecule has 0 aliphatic carbocycles. The second-order valence-corrected chi connectivity index (χ2v) is 3.43. The molecule has 0 amide bonds. The Morgan fingerprint density at radius 2 is 1.60 bits per heavy atom. The molecule has 0 spiro atoms. The van der Waals surface area contributed by atoms with Crippen LogP contribution >= 0.6 is 23.2 Å². The second kappa shape index (κ2) is 7.27. The SMILES string of the molecule is ClCc1ccccc1.Clc1ccccn1. The van der Waals surface area contributed by atoms with E-state index in [1.807, 2.05) is 42.5 Å². The molecule has 0 unspecified atom stereocenters. The van der Waals surface area contributed by atoms with Gasteiger partial charge in [-0.15, -0.1) is 11.6 Å². The van der Waals surface area contributed by atoms with E-state index >= 15 is 0 Å². The van der Waals surface area contributed by atoms with Crippen LogP contribution in [0.25, 0.3) is 0 Å². The van der Waals surface area contributed by atoms with Gasteiger partial charge in [0, 0.05) is 12.1 Å². The molecule has 15 heavy (non-hydrogen) atoms. The van der Waals surface area contributed by atoms with Crippen molar-refractivity contribution in [1.29, 1.82) is 0 Å². The molecule has 1 nitrogen and oxygen atoms in total. The lowest BCUT2D eigenvalue weighted by atomic mass is 10.2. The molecule has 0 radical (unpaired) electrons. The van der Waals surface area contributed by atoms with Crippen molar-refractivity contribution in [2.45, 2.75) is 5.88 Å². The average molecular weight is 240 g/mol. The number of rotatable bonds is 1. The van der Waals surface area contributed by atoms with Gasteiger partial charge in [0.05, 0.1) is 0 Å². The van der Waals surface area contributed by atoms with E-state index in [2.05, 4.69) is 4.98 Å². The van der Waals surface area contributed by atoms with E-state index in [-0.39, 0.29) is 0 Å². The first kappa shape index (κ1) is 12.0. The summed E-state index contributed by atoms with van der Waals surface area (Å²) in [6.07, 6.45) is 1.66. The normalized spacial score (nSPS) is 8.93. The number of halogens is 2. The van der Waals surface area contributed by atoms with Crippen LogP contribution in [0, 0.1) is 0 Å². The summed E-state index contributed by atoms with van der Waals surface area (Å²) in [5, 5.41) is 0.544. The van der Waals surface area contributed by atoms with Crippen molar-refractivity contribution >= 4 is 23.2 Å². The predicted molar refractivity (Wildman–Crippen MR) is 65.2 cm³/mol. The summed E-state index contributed by atoms with van der Waals surface area (Å²) in [6.45, 7) is 0. The Kier molecular flexibility index (Phi) is 5.83. The molecule has 0 saturated carbocycles. The summed E-state index contributed by atoms with van der Waals surface area (Å²) in [7, 11) is 0. The Labute approximate surface area is 99.7 Å². The van der Waals surface area contributed by atoms with E-state index < -0.39 is 0 Å². The number of pyridine rings is 1. The molecule has 0 aliphatic heterocycles. The van der Waals surface area contributed by atoms with E-state index in [0.29, 0.717) is 11.0 Å². The van der Waals surface area contributed by atoms with Gasteiger partial charge < -0.3 is 0 Å².